The number of nitrogens with one attached hydrogen (secondary N) is 1. The number of hydrazine groups is 1. The fourth-order valence-corrected chi connectivity index (χ4v) is 2.53. The fourth-order valence-electron chi connectivity index (χ4n) is 2.02. The molecule has 2 aromatic rings. The van der Waals surface area contributed by atoms with E-state index in [4.69, 9.17) is 5.84 Å². The number of rotatable bonds is 4. The van der Waals surface area contributed by atoms with Gasteiger partial charge in [-0.3, -0.25) is 5.84 Å². The summed E-state index contributed by atoms with van der Waals surface area (Å²) in [6.45, 7) is 2.15. The molecule has 2 rings (SSSR count). The van der Waals surface area contributed by atoms with Crippen LogP contribution in [-0.2, 0) is 6.42 Å². The van der Waals surface area contributed by atoms with Gasteiger partial charge in [-0.05, 0) is 29.2 Å². The molecule has 0 saturated heterocycles. The van der Waals surface area contributed by atoms with Gasteiger partial charge in [-0.15, -0.1) is 0 Å². The van der Waals surface area contributed by atoms with Gasteiger partial charge in [-0.25, -0.2) is 5.43 Å². The van der Waals surface area contributed by atoms with Crippen molar-refractivity contribution in [3.05, 3.63) is 69.7 Å². The maximum atomic E-state index is 5.71. The predicted octanol–water partition coefficient (Wildman–Crippen LogP) is 3.56. The Kier molecular flexibility index (Phi) is 4.53. The smallest absolute Gasteiger partial charge is 0.0721 e. The Labute approximate surface area is 116 Å². The number of nitrogens with two attached hydrogens (primary N) is 1. The first-order chi connectivity index (χ1) is 8.76. The Hall–Kier alpha value is -1.16. The van der Waals surface area contributed by atoms with Gasteiger partial charge < -0.3 is 0 Å². The molecule has 18 heavy (non-hydrogen) atoms. The number of benzene rings is 2. The molecule has 3 N–H and O–H groups in total. The van der Waals surface area contributed by atoms with Crippen LogP contribution in [0.5, 0.6) is 0 Å². The van der Waals surface area contributed by atoms with Crippen molar-refractivity contribution in [3.8, 4) is 0 Å². The molecule has 0 radical (unpaired) electrons. The lowest BCUT2D eigenvalue weighted by molar-refractivity contribution is 0.634. The minimum absolute atomic E-state index is 0.00600. The van der Waals surface area contributed by atoms with Crippen LogP contribution in [0.25, 0.3) is 0 Å². The van der Waals surface area contributed by atoms with Gasteiger partial charge in [0.15, 0.2) is 0 Å². The average molecular weight is 305 g/mol. The van der Waals surface area contributed by atoms with Crippen LogP contribution in [0, 0.1) is 0 Å². The predicted molar refractivity (Wildman–Crippen MR) is 79.1 cm³/mol. The van der Waals surface area contributed by atoms with E-state index >= 15 is 0 Å². The molecule has 0 aliphatic carbocycles. The summed E-state index contributed by atoms with van der Waals surface area (Å²) in [6.07, 6.45) is 1.05. The lowest BCUT2D eigenvalue weighted by Crippen LogP contribution is -2.29. The van der Waals surface area contributed by atoms with Gasteiger partial charge in [0.1, 0.15) is 0 Å². The van der Waals surface area contributed by atoms with Crippen molar-refractivity contribution in [1.82, 2.24) is 5.43 Å². The number of hydrogen-bond donors (Lipinski definition) is 2. The molecule has 0 aromatic heterocycles. The van der Waals surface area contributed by atoms with E-state index in [9.17, 15) is 0 Å². The Bertz CT molecular complexity index is 508. The van der Waals surface area contributed by atoms with Crippen LogP contribution in [0.4, 0.5) is 0 Å². The molecule has 0 saturated carbocycles. The van der Waals surface area contributed by atoms with Crippen LogP contribution in [0.2, 0.25) is 0 Å². The van der Waals surface area contributed by atoms with Crippen molar-refractivity contribution in [2.75, 3.05) is 0 Å². The lowest BCUT2D eigenvalue weighted by atomic mass is 9.98. The summed E-state index contributed by atoms with van der Waals surface area (Å²) in [5.41, 5.74) is 6.53. The zero-order valence-electron chi connectivity index (χ0n) is 10.4. The van der Waals surface area contributed by atoms with Crippen LogP contribution in [0.1, 0.15) is 29.7 Å². The molecule has 0 spiro atoms. The van der Waals surface area contributed by atoms with E-state index in [1.54, 1.807) is 0 Å². The highest BCUT2D eigenvalue weighted by molar-refractivity contribution is 9.10. The zero-order valence-corrected chi connectivity index (χ0v) is 11.9. The topological polar surface area (TPSA) is 38.0 Å². The first-order valence-electron chi connectivity index (χ1n) is 6.05. The van der Waals surface area contributed by atoms with Crippen molar-refractivity contribution in [2.24, 2.45) is 5.84 Å². The third-order valence-electron chi connectivity index (χ3n) is 3.10. The molecule has 2 nitrogen and oxygen atoms in total. The number of aryl methyl sites for hydroxylation is 1. The molecule has 0 aliphatic heterocycles. The SMILES string of the molecule is CCc1ccc(C(NN)c2ccccc2Br)cc1. The van der Waals surface area contributed by atoms with Gasteiger partial charge in [-0.2, -0.15) is 0 Å². The maximum Gasteiger partial charge on any atom is 0.0721 e. The Morgan fingerprint density at radius 2 is 1.78 bits per heavy atom. The molecule has 0 bridgehead atoms. The summed E-state index contributed by atoms with van der Waals surface area (Å²) in [6, 6.07) is 16.7. The van der Waals surface area contributed by atoms with Gasteiger partial charge in [-0.1, -0.05) is 65.3 Å². The van der Waals surface area contributed by atoms with E-state index in [0.717, 1.165) is 16.5 Å². The normalized spacial score (nSPS) is 12.4. The lowest BCUT2D eigenvalue weighted by Gasteiger charge is -2.18. The minimum Gasteiger partial charge on any atom is -0.271 e. The van der Waals surface area contributed by atoms with E-state index in [-0.39, 0.29) is 6.04 Å². The second-order valence-electron chi connectivity index (χ2n) is 4.22. The molecule has 3 heteroatoms. The van der Waals surface area contributed by atoms with Crippen molar-refractivity contribution < 1.29 is 0 Å². The van der Waals surface area contributed by atoms with E-state index in [2.05, 4.69) is 58.6 Å². The Morgan fingerprint density at radius 1 is 1.11 bits per heavy atom. The zero-order chi connectivity index (χ0) is 13.0. The molecule has 0 fully saturated rings. The Morgan fingerprint density at radius 3 is 2.33 bits per heavy atom. The molecular formula is C15H17BrN2. The highest BCUT2D eigenvalue weighted by Crippen LogP contribution is 2.28. The van der Waals surface area contributed by atoms with Crippen molar-refractivity contribution in [2.45, 2.75) is 19.4 Å². The van der Waals surface area contributed by atoms with E-state index in [1.165, 1.54) is 11.1 Å². The quantitative estimate of drug-likeness (QED) is 0.669. The van der Waals surface area contributed by atoms with E-state index in [0.29, 0.717) is 0 Å². The van der Waals surface area contributed by atoms with Crippen LogP contribution in [0.15, 0.2) is 53.0 Å². The first kappa shape index (κ1) is 13.3. The first-order valence-corrected chi connectivity index (χ1v) is 6.85. The van der Waals surface area contributed by atoms with Crippen molar-refractivity contribution in [3.63, 3.8) is 0 Å². The molecule has 0 amide bonds. The molecule has 0 aliphatic rings. The van der Waals surface area contributed by atoms with Crippen LogP contribution < -0.4 is 11.3 Å². The summed E-state index contributed by atoms with van der Waals surface area (Å²) < 4.78 is 1.06. The largest absolute Gasteiger partial charge is 0.271 e. The van der Waals surface area contributed by atoms with E-state index in [1.807, 2.05) is 18.2 Å². The fraction of sp³-hybridized carbons (Fsp3) is 0.200. The van der Waals surface area contributed by atoms with Crippen LogP contribution in [-0.4, -0.2) is 0 Å². The summed E-state index contributed by atoms with van der Waals surface area (Å²) in [7, 11) is 0. The van der Waals surface area contributed by atoms with Crippen LogP contribution >= 0.6 is 15.9 Å². The molecular weight excluding hydrogens is 288 g/mol. The monoisotopic (exact) mass is 304 g/mol. The van der Waals surface area contributed by atoms with Crippen molar-refractivity contribution >= 4 is 15.9 Å². The summed E-state index contributed by atoms with van der Waals surface area (Å²) in [5, 5.41) is 0. The maximum absolute atomic E-state index is 5.71. The Balaban J connectivity index is 2.36. The highest BCUT2D eigenvalue weighted by Gasteiger charge is 2.14. The van der Waals surface area contributed by atoms with Crippen molar-refractivity contribution in [1.29, 1.82) is 0 Å². The van der Waals surface area contributed by atoms with Gasteiger partial charge in [0.2, 0.25) is 0 Å². The summed E-state index contributed by atoms with van der Waals surface area (Å²) >= 11 is 3.57. The second-order valence-corrected chi connectivity index (χ2v) is 5.07. The van der Waals surface area contributed by atoms with E-state index < -0.39 is 0 Å². The molecule has 1 unspecified atom stereocenters. The van der Waals surface area contributed by atoms with Gasteiger partial charge in [0.25, 0.3) is 0 Å². The standard InChI is InChI=1S/C15H17BrN2/c1-2-11-7-9-12(10-8-11)15(18-17)13-5-3-4-6-14(13)16/h3-10,15,18H,2,17H2,1H3. The third-order valence-corrected chi connectivity index (χ3v) is 3.83. The minimum atomic E-state index is 0.00600. The second kappa shape index (κ2) is 6.14. The van der Waals surface area contributed by atoms with Gasteiger partial charge in [0.05, 0.1) is 6.04 Å². The number of halogens is 1. The molecule has 0 heterocycles. The molecule has 1 atom stereocenters. The number of hydrogen-bond acceptors (Lipinski definition) is 2. The van der Waals surface area contributed by atoms with Gasteiger partial charge >= 0.3 is 0 Å². The molecule has 2 aromatic carbocycles. The summed E-state index contributed by atoms with van der Waals surface area (Å²) in [5.74, 6) is 5.71. The molecule has 94 valence electrons. The van der Waals surface area contributed by atoms with Gasteiger partial charge in [0, 0.05) is 4.47 Å². The third kappa shape index (κ3) is 2.80. The van der Waals surface area contributed by atoms with Crippen LogP contribution in [0.3, 0.4) is 0 Å². The summed E-state index contributed by atoms with van der Waals surface area (Å²) in [4.78, 5) is 0. The highest BCUT2D eigenvalue weighted by atomic mass is 79.9. The average Bonchev–Trinajstić information content (AvgIpc) is 2.42.